The first-order valence-corrected chi connectivity index (χ1v) is 9.62. The Morgan fingerprint density at radius 3 is 2.54 bits per heavy atom. The van der Waals surface area contributed by atoms with Gasteiger partial charge in [-0.05, 0) is 61.9 Å². The molecule has 142 valence electrons. The maximum absolute atomic E-state index is 12.7. The molecule has 6 heteroatoms. The van der Waals surface area contributed by atoms with Crippen LogP contribution in [0.3, 0.4) is 0 Å². The number of benzene rings is 1. The third-order valence-electron chi connectivity index (χ3n) is 5.90. The highest BCUT2D eigenvalue weighted by atomic mass is 16.1. The van der Waals surface area contributed by atoms with E-state index in [1.165, 1.54) is 0 Å². The summed E-state index contributed by atoms with van der Waals surface area (Å²) < 4.78 is 3.42. The highest BCUT2D eigenvalue weighted by Gasteiger charge is 2.28. The largest absolute Gasteiger partial charge is 0.328 e. The third kappa shape index (κ3) is 3.24. The van der Waals surface area contributed by atoms with E-state index in [1.54, 1.807) is 52.8 Å². The van der Waals surface area contributed by atoms with E-state index in [2.05, 4.69) is 11.1 Å². The van der Waals surface area contributed by atoms with Gasteiger partial charge in [0, 0.05) is 37.5 Å². The Labute approximate surface area is 163 Å². The molecule has 0 radical (unpaired) electrons. The summed E-state index contributed by atoms with van der Waals surface area (Å²) in [5.41, 5.74) is 2.87. The van der Waals surface area contributed by atoms with E-state index in [0.29, 0.717) is 18.0 Å². The van der Waals surface area contributed by atoms with Crippen LogP contribution < -0.4 is 5.69 Å². The van der Waals surface area contributed by atoms with Crippen LogP contribution in [0.2, 0.25) is 0 Å². The van der Waals surface area contributed by atoms with Gasteiger partial charge in [-0.15, -0.1) is 0 Å². The molecule has 4 rings (SSSR count). The van der Waals surface area contributed by atoms with Crippen molar-refractivity contribution in [1.29, 1.82) is 5.26 Å². The number of aromatic nitrogens is 3. The van der Waals surface area contributed by atoms with Crippen LogP contribution in [0.1, 0.15) is 41.6 Å². The van der Waals surface area contributed by atoms with Gasteiger partial charge in [0.15, 0.2) is 5.78 Å². The fraction of sp³-hybridized carbons (Fsp3) is 0.364. The average Bonchev–Trinajstić information content (AvgIpc) is 2.98. The predicted molar refractivity (Wildman–Crippen MR) is 106 cm³/mol. The van der Waals surface area contributed by atoms with E-state index in [9.17, 15) is 14.9 Å². The lowest BCUT2D eigenvalue weighted by Gasteiger charge is -2.27. The lowest BCUT2D eigenvalue weighted by molar-refractivity contribution is 0.0867. The number of hydrogen-bond donors (Lipinski definition) is 0. The smallest absolute Gasteiger partial charge is 0.295 e. The Morgan fingerprint density at radius 2 is 1.86 bits per heavy atom. The highest BCUT2D eigenvalue weighted by molar-refractivity contribution is 5.97. The maximum Gasteiger partial charge on any atom is 0.328 e. The normalized spacial score (nSPS) is 19.4. The number of ketones is 1. The molecule has 0 aliphatic heterocycles. The summed E-state index contributed by atoms with van der Waals surface area (Å²) >= 11 is 0. The molecule has 0 spiro atoms. The monoisotopic (exact) mass is 374 g/mol. The standard InChI is InChI=1S/C22H22N4O2/c1-25-19-7-4-16(13-23)12-20(19)26(22(25)28)14-15-2-5-17(6-3-15)21(27)18-8-10-24-11-9-18/h4,7-12,15,17H,2-3,5-6,14H2,1H3. The summed E-state index contributed by atoms with van der Waals surface area (Å²) in [6.45, 7) is 0.626. The van der Waals surface area contributed by atoms with Crippen molar-refractivity contribution in [3.63, 3.8) is 0 Å². The van der Waals surface area contributed by atoms with Crippen molar-refractivity contribution in [3.05, 3.63) is 64.3 Å². The van der Waals surface area contributed by atoms with Crippen LogP contribution in [0.15, 0.2) is 47.5 Å². The van der Waals surface area contributed by atoms with Gasteiger partial charge in [0.25, 0.3) is 0 Å². The minimum Gasteiger partial charge on any atom is -0.295 e. The van der Waals surface area contributed by atoms with Gasteiger partial charge in [-0.1, -0.05) is 0 Å². The van der Waals surface area contributed by atoms with Crippen LogP contribution in [0.25, 0.3) is 11.0 Å². The Bertz CT molecular complexity index is 1110. The van der Waals surface area contributed by atoms with Gasteiger partial charge in [-0.2, -0.15) is 5.26 Å². The molecule has 3 aromatic rings. The van der Waals surface area contributed by atoms with E-state index >= 15 is 0 Å². The van der Waals surface area contributed by atoms with E-state index in [0.717, 1.165) is 42.3 Å². The third-order valence-corrected chi connectivity index (χ3v) is 5.90. The second-order valence-corrected chi connectivity index (χ2v) is 7.59. The van der Waals surface area contributed by atoms with Crippen molar-refractivity contribution in [1.82, 2.24) is 14.1 Å². The Morgan fingerprint density at radius 1 is 1.14 bits per heavy atom. The lowest BCUT2D eigenvalue weighted by Crippen LogP contribution is -2.29. The number of hydrogen-bond acceptors (Lipinski definition) is 4. The van der Waals surface area contributed by atoms with Crippen molar-refractivity contribution in [2.75, 3.05) is 0 Å². The molecule has 0 N–H and O–H groups in total. The number of fused-ring (bicyclic) bond motifs is 1. The zero-order chi connectivity index (χ0) is 19.7. The number of nitriles is 1. The topological polar surface area (TPSA) is 80.7 Å². The first-order valence-electron chi connectivity index (χ1n) is 9.62. The molecule has 2 heterocycles. The Balaban J connectivity index is 1.50. The molecule has 0 atom stereocenters. The number of nitrogens with zero attached hydrogens (tertiary/aromatic N) is 4. The summed E-state index contributed by atoms with van der Waals surface area (Å²) in [6, 6.07) is 11.0. The molecule has 1 aliphatic rings. The zero-order valence-corrected chi connectivity index (χ0v) is 15.8. The summed E-state index contributed by atoms with van der Waals surface area (Å²) in [6.07, 6.45) is 6.83. The number of pyridine rings is 1. The summed E-state index contributed by atoms with van der Waals surface area (Å²) in [7, 11) is 1.76. The SMILES string of the molecule is Cn1c(=O)n(CC2CCC(C(=O)c3ccncc3)CC2)c2cc(C#N)ccc21. The van der Waals surface area contributed by atoms with Crippen LogP contribution in [-0.4, -0.2) is 19.9 Å². The number of imidazole rings is 1. The molecule has 28 heavy (non-hydrogen) atoms. The van der Waals surface area contributed by atoms with E-state index in [1.807, 2.05) is 6.07 Å². The van der Waals surface area contributed by atoms with E-state index < -0.39 is 0 Å². The number of aryl methyl sites for hydroxylation is 1. The second kappa shape index (κ2) is 7.43. The second-order valence-electron chi connectivity index (χ2n) is 7.59. The van der Waals surface area contributed by atoms with Crippen molar-refractivity contribution in [2.24, 2.45) is 18.9 Å². The minimum absolute atomic E-state index is 0.0491. The van der Waals surface area contributed by atoms with E-state index in [4.69, 9.17) is 0 Å². The molecule has 1 aromatic carbocycles. The highest BCUT2D eigenvalue weighted by Crippen LogP contribution is 2.32. The molecule has 6 nitrogen and oxygen atoms in total. The van der Waals surface area contributed by atoms with Crippen molar-refractivity contribution < 1.29 is 4.79 Å². The Kier molecular flexibility index (Phi) is 4.82. The fourth-order valence-electron chi connectivity index (χ4n) is 4.27. The maximum atomic E-state index is 12.7. The van der Waals surface area contributed by atoms with Gasteiger partial charge in [0.2, 0.25) is 0 Å². The molecule has 1 aliphatic carbocycles. The van der Waals surface area contributed by atoms with Crippen molar-refractivity contribution in [3.8, 4) is 6.07 Å². The van der Waals surface area contributed by atoms with Crippen LogP contribution in [-0.2, 0) is 13.6 Å². The quantitative estimate of drug-likeness (QED) is 0.656. The molecule has 0 bridgehead atoms. The number of rotatable bonds is 4. The summed E-state index contributed by atoms with van der Waals surface area (Å²) in [5.74, 6) is 0.602. The van der Waals surface area contributed by atoms with Crippen molar-refractivity contribution >= 4 is 16.8 Å². The predicted octanol–water partition coefficient (Wildman–Crippen LogP) is 3.30. The first kappa shape index (κ1) is 18.2. The zero-order valence-electron chi connectivity index (χ0n) is 15.8. The summed E-state index contributed by atoms with van der Waals surface area (Å²) in [5, 5.41) is 9.18. The molecule has 0 amide bonds. The van der Waals surface area contributed by atoms with Gasteiger partial charge in [-0.25, -0.2) is 4.79 Å². The molecule has 1 fully saturated rings. The van der Waals surface area contributed by atoms with Crippen LogP contribution >= 0.6 is 0 Å². The average molecular weight is 374 g/mol. The molecule has 0 saturated heterocycles. The number of carbonyl (C=O) groups is 1. The summed E-state index contributed by atoms with van der Waals surface area (Å²) in [4.78, 5) is 29.3. The van der Waals surface area contributed by atoms with E-state index in [-0.39, 0.29) is 17.4 Å². The molecule has 0 unspecified atom stereocenters. The number of carbonyl (C=O) groups excluding carboxylic acids is 1. The number of Topliss-reactive ketones (excluding diaryl/α,β-unsaturated/α-hetero) is 1. The Hall–Kier alpha value is -3.20. The van der Waals surface area contributed by atoms with Gasteiger partial charge >= 0.3 is 5.69 Å². The van der Waals surface area contributed by atoms with Crippen LogP contribution in [0.4, 0.5) is 0 Å². The molecule has 2 aromatic heterocycles. The molecular weight excluding hydrogens is 352 g/mol. The van der Waals surface area contributed by atoms with Crippen LogP contribution in [0.5, 0.6) is 0 Å². The van der Waals surface area contributed by atoms with Gasteiger partial charge in [0.05, 0.1) is 22.7 Å². The van der Waals surface area contributed by atoms with Crippen molar-refractivity contribution in [2.45, 2.75) is 32.2 Å². The lowest BCUT2D eigenvalue weighted by atomic mass is 9.78. The molecular formula is C22H22N4O2. The first-order chi connectivity index (χ1) is 13.6. The molecule has 1 saturated carbocycles. The fourth-order valence-corrected chi connectivity index (χ4v) is 4.27. The van der Waals surface area contributed by atoms with Gasteiger partial charge < -0.3 is 0 Å². The minimum atomic E-state index is -0.0555. The van der Waals surface area contributed by atoms with Gasteiger partial charge in [-0.3, -0.25) is 18.9 Å². The van der Waals surface area contributed by atoms with Gasteiger partial charge in [0.1, 0.15) is 0 Å². The van der Waals surface area contributed by atoms with Crippen LogP contribution in [0, 0.1) is 23.2 Å².